The van der Waals surface area contributed by atoms with Crippen molar-refractivity contribution in [1.29, 1.82) is 0 Å². The highest BCUT2D eigenvalue weighted by molar-refractivity contribution is 5.72. The molecular weight excluding hydrogens is 404 g/mol. The van der Waals surface area contributed by atoms with Gasteiger partial charge in [0.1, 0.15) is 12.4 Å². The average molecular weight is 437 g/mol. The maximum Gasteiger partial charge on any atom is 0.164 e. The maximum absolute atomic E-state index is 6.18. The van der Waals surface area contributed by atoms with Gasteiger partial charge < -0.3 is 25.0 Å². The van der Waals surface area contributed by atoms with E-state index in [9.17, 15) is 0 Å². The molecule has 8 nitrogen and oxygen atoms in total. The van der Waals surface area contributed by atoms with E-state index in [0.29, 0.717) is 12.6 Å². The van der Waals surface area contributed by atoms with Gasteiger partial charge in [-0.15, -0.1) is 0 Å². The van der Waals surface area contributed by atoms with Crippen LogP contribution < -0.4 is 15.4 Å². The molecule has 0 radical (unpaired) electrons. The van der Waals surface area contributed by atoms with Gasteiger partial charge in [0.25, 0.3) is 0 Å². The molecule has 2 aromatic rings. The Morgan fingerprint density at radius 2 is 1.91 bits per heavy atom. The van der Waals surface area contributed by atoms with Crippen molar-refractivity contribution < 1.29 is 9.47 Å². The van der Waals surface area contributed by atoms with E-state index in [0.717, 1.165) is 81.3 Å². The van der Waals surface area contributed by atoms with Crippen LogP contribution in [0.2, 0.25) is 0 Å². The molecule has 1 spiro atoms. The van der Waals surface area contributed by atoms with Crippen LogP contribution in [0.1, 0.15) is 18.9 Å². The van der Waals surface area contributed by atoms with Crippen LogP contribution in [0.4, 0.5) is 5.69 Å². The van der Waals surface area contributed by atoms with Crippen LogP contribution in [0.25, 0.3) is 11.1 Å². The minimum Gasteiger partial charge on any atom is -0.487 e. The maximum atomic E-state index is 6.18. The number of anilines is 1. The normalized spacial score (nSPS) is 26.5. The lowest BCUT2D eigenvalue weighted by Crippen LogP contribution is -2.63. The summed E-state index contributed by atoms with van der Waals surface area (Å²) in [6.45, 7) is 7.43. The molecule has 0 aliphatic carbocycles. The second kappa shape index (κ2) is 8.10. The highest BCUT2D eigenvalue weighted by Crippen LogP contribution is 2.38. The van der Waals surface area contributed by atoms with E-state index in [1.165, 1.54) is 5.70 Å². The summed E-state index contributed by atoms with van der Waals surface area (Å²) >= 11 is 0. The van der Waals surface area contributed by atoms with Gasteiger partial charge in [0, 0.05) is 37.1 Å². The van der Waals surface area contributed by atoms with E-state index in [4.69, 9.17) is 9.47 Å². The second-order valence-corrected chi connectivity index (χ2v) is 9.52. The van der Waals surface area contributed by atoms with Crippen molar-refractivity contribution in [3.05, 3.63) is 42.4 Å². The van der Waals surface area contributed by atoms with Crippen molar-refractivity contribution >= 4 is 5.69 Å². The molecule has 4 aliphatic heterocycles. The number of piperidine rings is 1. The zero-order valence-electron chi connectivity index (χ0n) is 18.7. The van der Waals surface area contributed by atoms with E-state index in [1.54, 1.807) is 0 Å². The molecule has 2 saturated heterocycles. The predicted molar refractivity (Wildman–Crippen MR) is 124 cm³/mol. The number of nitrogens with one attached hydrogen (secondary N) is 2. The SMILES string of the molecule is CN1CCC(n2cc(-c3ccc4c(c3)OCC3(C=C(CN5CCOCC5)N3)N4)cn2)CC1. The number of hydrogen-bond donors (Lipinski definition) is 2. The van der Waals surface area contributed by atoms with Gasteiger partial charge in [-0.25, -0.2) is 0 Å². The number of likely N-dealkylation sites (tertiary alicyclic amines) is 1. The quantitative estimate of drug-likeness (QED) is 0.761. The van der Waals surface area contributed by atoms with Gasteiger partial charge in [-0.2, -0.15) is 5.10 Å². The molecule has 0 bridgehead atoms. The lowest BCUT2D eigenvalue weighted by atomic mass is 9.98. The number of benzene rings is 1. The third-order valence-corrected chi connectivity index (χ3v) is 7.09. The molecule has 2 N–H and O–H groups in total. The van der Waals surface area contributed by atoms with Crippen molar-refractivity contribution in [1.82, 2.24) is 24.9 Å². The summed E-state index contributed by atoms with van der Waals surface area (Å²) in [5, 5.41) is 11.9. The van der Waals surface area contributed by atoms with Gasteiger partial charge in [0.2, 0.25) is 0 Å². The van der Waals surface area contributed by atoms with E-state index in [2.05, 4.69) is 67.7 Å². The van der Waals surface area contributed by atoms with E-state index < -0.39 is 0 Å². The Bertz CT molecular complexity index is 1010. The fourth-order valence-electron chi connectivity index (χ4n) is 5.15. The van der Waals surface area contributed by atoms with Crippen LogP contribution in [0.15, 0.2) is 42.4 Å². The first-order chi connectivity index (χ1) is 15.7. The lowest BCUT2D eigenvalue weighted by Gasteiger charge is -2.46. The molecule has 32 heavy (non-hydrogen) atoms. The number of hydrogen-bond acceptors (Lipinski definition) is 7. The second-order valence-electron chi connectivity index (χ2n) is 9.52. The number of rotatable bonds is 4. The highest BCUT2D eigenvalue weighted by Gasteiger charge is 2.40. The third-order valence-electron chi connectivity index (χ3n) is 7.09. The first-order valence-corrected chi connectivity index (χ1v) is 11.7. The van der Waals surface area contributed by atoms with Gasteiger partial charge >= 0.3 is 0 Å². The number of aromatic nitrogens is 2. The first-order valence-electron chi connectivity index (χ1n) is 11.7. The van der Waals surface area contributed by atoms with Crippen molar-refractivity contribution in [3.8, 4) is 16.9 Å². The summed E-state index contributed by atoms with van der Waals surface area (Å²) in [7, 11) is 2.19. The van der Waals surface area contributed by atoms with Gasteiger partial charge in [-0.1, -0.05) is 6.07 Å². The van der Waals surface area contributed by atoms with Crippen LogP contribution in [0, 0.1) is 0 Å². The molecule has 1 aromatic heterocycles. The predicted octanol–water partition coefficient (Wildman–Crippen LogP) is 2.14. The fraction of sp³-hybridized carbons (Fsp3) is 0.542. The van der Waals surface area contributed by atoms with Crippen LogP contribution in [-0.2, 0) is 4.74 Å². The van der Waals surface area contributed by atoms with E-state index in [1.807, 2.05) is 6.20 Å². The third kappa shape index (κ3) is 3.87. The molecule has 170 valence electrons. The Morgan fingerprint density at radius 3 is 2.72 bits per heavy atom. The molecule has 0 amide bonds. The van der Waals surface area contributed by atoms with Gasteiger partial charge in [0.05, 0.1) is 31.1 Å². The number of ether oxygens (including phenoxy) is 2. The smallest absolute Gasteiger partial charge is 0.164 e. The highest BCUT2D eigenvalue weighted by atomic mass is 16.5. The Labute approximate surface area is 189 Å². The summed E-state index contributed by atoms with van der Waals surface area (Å²) < 4.78 is 13.8. The zero-order valence-corrected chi connectivity index (χ0v) is 18.7. The molecule has 0 saturated carbocycles. The Hall–Kier alpha value is -2.55. The lowest BCUT2D eigenvalue weighted by molar-refractivity contribution is 0.0399. The monoisotopic (exact) mass is 436 g/mol. The Morgan fingerprint density at radius 1 is 1.09 bits per heavy atom. The van der Waals surface area contributed by atoms with E-state index >= 15 is 0 Å². The minimum absolute atomic E-state index is 0.296. The topological polar surface area (TPSA) is 66.8 Å². The molecule has 1 aromatic carbocycles. The summed E-state index contributed by atoms with van der Waals surface area (Å²) in [5.74, 6) is 0.900. The largest absolute Gasteiger partial charge is 0.487 e. The van der Waals surface area contributed by atoms with Crippen molar-refractivity contribution in [2.75, 3.05) is 64.9 Å². The Kier molecular flexibility index (Phi) is 5.08. The van der Waals surface area contributed by atoms with Crippen molar-refractivity contribution in [2.24, 2.45) is 0 Å². The molecule has 1 atom stereocenters. The minimum atomic E-state index is -0.296. The summed E-state index contributed by atoms with van der Waals surface area (Å²) in [6, 6.07) is 6.90. The van der Waals surface area contributed by atoms with Gasteiger partial charge in [-0.05, 0) is 56.8 Å². The first kappa shape index (κ1) is 20.1. The molecule has 5 heterocycles. The Balaban J connectivity index is 1.12. The van der Waals surface area contributed by atoms with E-state index in [-0.39, 0.29) is 5.66 Å². The summed E-state index contributed by atoms with van der Waals surface area (Å²) in [6.07, 6.45) is 8.75. The number of morpholine rings is 1. The van der Waals surface area contributed by atoms with Crippen molar-refractivity contribution in [2.45, 2.75) is 24.5 Å². The molecule has 8 heteroatoms. The molecule has 6 rings (SSSR count). The zero-order chi connectivity index (χ0) is 21.5. The van der Waals surface area contributed by atoms with Crippen LogP contribution in [0.3, 0.4) is 0 Å². The molecule has 4 aliphatic rings. The van der Waals surface area contributed by atoms with Crippen LogP contribution >= 0.6 is 0 Å². The summed E-state index contributed by atoms with van der Waals surface area (Å²) in [5.41, 5.74) is 4.27. The molecule has 1 unspecified atom stereocenters. The van der Waals surface area contributed by atoms with Crippen molar-refractivity contribution in [3.63, 3.8) is 0 Å². The van der Waals surface area contributed by atoms with Crippen LogP contribution in [0.5, 0.6) is 5.75 Å². The molecular formula is C24H32N6O2. The standard InChI is InChI=1S/C24H32N6O2/c1-28-6-4-21(5-7-28)30-15-19(14-25-30)18-2-3-22-23(12-18)32-17-24(27-22)13-20(26-24)16-29-8-10-31-11-9-29/h2-3,12-15,21,26-27H,4-11,16-17H2,1H3. The van der Waals surface area contributed by atoms with Gasteiger partial charge in [-0.3, -0.25) is 9.58 Å². The molecule has 2 fully saturated rings. The average Bonchev–Trinajstić information content (AvgIpc) is 3.29. The fourth-order valence-corrected chi connectivity index (χ4v) is 5.15. The number of nitrogens with zero attached hydrogens (tertiary/aromatic N) is 4. The number of fused-ring (bicyclic) bond motifs is 1. The van der Waals surface area contributed by atoms with Gasteiger partial charge in [0.15, 0.2) is 5.66 Å². The van der Waals surface area contributed by atoms with Crippen LogP contribution in [-0.4, -0.2) is 84.8 Å². The summed E-state index contributed by atoms with van der Waals surface area (Å²) in [4.78, 5) is 4.81.